The number of benzene rings is 1. The van der Waals surface area contributed by atoms with Crippen LogP contribution in [0.4, 0.5) is 0 Å². The molecule has 1 saturated heterocycles. The number of aliphatic imine (C=N–C) groups is 1. The molecule has 2 N–H and O–H groups in total. The highest BCUT2D eigenvalue weighted by Gasteiger charge is 2.34. The summed E-state index contributed by atoms with van der Waals surface area (Å²) < 4.78 is 33.2. The van der Waals surface area contributed by atoms with Crippen molar-refractivity contribution in [1.82, 2.24) is 14.9 Å². The summed E-state index contributed by atoms with van der Waals surface area (Å²) in [6.07, 6.45) is 1.35. The minimum Gasteiger partial charge on any atom is -0.379 e. The van der Waals surface area contributed by atoms with E-state index in [1.807, 2.05) is 26.0 Å². The molecule has 1 aromatic carbocycles. The fourth-order valence-electron chi connectivity index (χ4n) is 3.56. The van der Waals surface area contributed by atoms with Gasteiger partial charge in [-0.25, -0.2) is 8.42 Å². The van der Waals surface area contributed by atoms with Crippen LogP contribution < -0.4 is 10.0 Å². The van der Waals surface area contributed by atoms with E-state index in [1.54, 1.807) is 12.1 Å². The maximum Gasteiger partial charge on any atom is 0.264 e. The molecule has 2 aliphatic rings. The number of ether oxygens (including phenoxy) is 1. The van der Waals surface area contributed by atoms with Crippen molar-refractivity contribution in [3.05, 3.63) is 41.0 Å². The molecule has 0 bridgehead atoms. The lowest BCUT2D eigenvalue weighted by Crippen LogP contribution is -2.38. The summed E-state index contributed by atoms with van der Waals surface area (Å²) in [4.78, 5) is 19.0. The first-order chi connectivity index (χ1) is 14.4. The zero-order valence-electron chi connectivity index (χ0n) is 17.6. The van der Waals surface area contributed by atoms with Gasteiger partial charge >= 0.3 is 0 Å². The lowest BCUT2D eigenvalue weighted by Gasteiger charge is -2.26. The Hall–Kier alpha value is -2.23. The van der Waals surface area contributed by atoms with E-state index in [0.717, 1.165) is 44.8 Å². The molecule has 3 rings (SSSR count). The number of morpholine rings is 1. The van der Waals surface area contributed by atoms with E-state index < -0.39 is 10.0 Å². The van der Waals surface area contributed by atoms with Crippen LogP contribution in [0.3, 0.4) is 0 Å². The summed E-state index contributed by atoms with van der Waals surface area (Å²) >= 11 is 0. The third kappa shape index (κ3) is 5.68. The Morgan fingerprint density at radius 1 is 1.23 bits per heavy atom. The van der Waals surface area contributed by atoms with Gasteiger partial charge in [0, 0.05) is 25.2 Å². The predicted molar refractivity (Wildman–Crippen MR) is 118 cm³/mol. The average Bonchev–Trinajstić information content (AvgIpc) is 3.00. The van der Waals surface area contributed by atoms with Crippen LogP contribution in [0.5, 0.6) is 0 Å². The van der Waals surface area contributed by atoms with E-state index >= 15 is 0 Å². The van der Waals surface area contributed by atoms with Gasteiger partial charge in [-0.2, -0.15) is 0 Å². The van der Waals surface area contributed by atoms with E-state index in [-0.39, 0.29) is 23.2 Å². The van der Waals surface area contributed by atoms with Gasteiger partial charge in [0.25, 0.3) is 10.0 Å². The Bertz CT molecular complexity index is 917. The molecule has 0 spiro atoms. The molecule has 0 radical (unpaired) electrons. The zero-order chi connectivity index (χ0) is 21.6. The van der Waals surface area contributed by atoms with Crippen LogP contribution in [-0.2, 0) is 19.6 Å². The van der Waals surface area contributed by atoms with E-state index in [4.69, 9.17) is 4.74 Å². The summed E-state index contributed by atoms with van der Waals surface area (Å²) in [6.45, 7) is 8.59. The van der Waals surface area contributed by atoms with Crippen LogP contribution in [-0.4, -0.2) is 71.0 Å². The molecule has 0 unspecified atom stereocenters. The maximum atomic E-state index is 12.7. The molecule has 8 nitrogen and oxygen atoms in total. The first kappa shape index (κ1) is 22.5. The number of carbonyl (C=O) groups excluding carboxylic acids is 1. The van der Waals surface area contributed by atoms with Crippen molar-refractivity contribution in [2.75, 3.05) is 45.9 Å². The highest BCUT2D eigenvalue weighted by atomic mass is 32.2. The molecular formula is C21H30N4O4S. The fourth-order valence-corrected chi connectivity index (χ4v) is 5.12. The maximum absolute atomic E-state index is 12.7. The Balaban J connectivity index is 1.59. The second kappa shape index (κ2) is 10.2. The first-order valence-electron chi connectivity index (χ1n) is 10.4. The van der Waals surface area contributed by atoms with Gasteiger partial charge in [-0.15, -0.1) is 0 Å². The number of carbonyl (C=O) groups is 1. The van der Waals surface area contributed by atoms with Crippen LogP contribution in [0.1, 0.15) is 30.9 Å². The minimum atomic E-state index is -3.69. The van der Waals surface area contributed by atoms with E-state index in [2.05, 4.69) is 19.9 Å². The second-order valence-electron chi connectivity index (χ2n) is 7.46. The molecular weight excluding hydrogens is 404 g/mol. The SMILES string of the molecule is CCC1=C(c2ccc(C)cc2)S(=O)(=O)NC1=NCC(=O)NCCCN1CCOCC1. The molecule has 1 amide bonds. The largest absolute Gasteiger partial charge is 0.379 e. The molecule has 0 atom stereocenters. The molecule has 0 saturated carbocycles. The van der Waals surface area contributed by atoms with Crippen molar-refractivity contribution < 1.29 is 17.9 Å². The number of aryl methyl sites for hydroxylation is 1. The molecule has 1 aromatic rings. The van der Waals surface area contributed by atoms with Crippen LogP contribution in [0.2, 0.25) is 0 Å². The van der Waals surface area contributed by atoms with Crippen molar-refractivity contribution in [1.29, 1.82) is 0 Å². The predicted octanol–water partition coefficient (Wildman–Crippen LogP) is 1.29. The molecule has 9 heteroatoms. The molecule has 0 aliphatic carbocycles. The quantitative estimate of drug-likeness (QED) is 0.601. The molecule has 2 aliphatic heterocycles. The zero-order valence-corrected chi connectivity index (χ0v) is 18.4. The van der Waals surface area contributed by atoms with Gasteiger partial charge in [0.2, 0.25) is 5.91 Å². The van der Waals surface area contributed by atoms with Crippen molar-refractivity contribution in [2.24, 2.45) is 4.99 Å². The fraction of sp³-hybridized carbons (Fsp3) is 0.524. The highest BCUT2D eigenvalue weighted by molar-refractivity contribution is 8.00. The third-order valence-corrected chi connectivity index (χ3v) is 6.67. The van der Waals surface area contributed by atoms with Crippen LogP contribution in [0.15, 0.2) is 34.8 Å². The first-order valence-corrected chi connectivity index (χ1v) is 11.8. The van der Waals surface area contributed by atoms with Crippen LogP contribution in [0, 0.1) is 6.92 Å². The molecule has 30 heavy (non-hydrogen) atoms. The Morgan fingerprint density at radius 2 is 1.93 bits per heavy atom. The molecule has 2 heterocycles. The highest BCUT2D eigenvalue weighted by Crippen LogP contribution is 2.31. The monoisotopic (exact) mass is 434 g/mol. The summed E-state index contributed by atoms with van der Waals surface area (Å²) in [5.74, 6) is 0.0412. The summed E-state index contributed by atoms with van der Waals surface area (Å²) in [6, 6.07) is 7.35. The lowest BCUT2D eigenvalue weighted by molar-refractivity contribution is -0.119. The Morgan fingerprint density at radius 3 is 2.60 bits per heavy atom. The van der Waals surface area contributed by atoms with Crippen LogP contribution in [0.25, 0.3) is 4.91 Å². The average molecular weight is 435 g/mol. The number of rotatable bonds is 8. The van der Waals surface area contributed by atoms with Crippen molar-refractivity contribution >= 4 is 26.7 Å². The number of hydrogen-bond donors (Lipinski definition) is 2. The number of amides is 1. The van der Waals surface area contributed by atoms with E-state index in [1.165, 1.54) is 0 Å². The van der Waals surface area contributed by atoms with Gasteiger partial charge in [-0.3, -0.25) is 19.4 Å². The topological polar surface area (TPSA) is 100 Å². The number of hydrogen-bond acceptors (Lipinski definition) is 6. The van der Waals surface area contributed by atoms with Crippen molar-refractivity contribution in [2.45, 2.75) is 26.7 Å². The van der Waals surface area contributed by atoms with Crippen LogP contribution >= 0.6 is 0 Å². The Kier molecular flexibility index (Phi) is 7.63. The normalized spacial score (nSPS) is 20.4. The van der Waals surface area contributed by atoms with Gasteiger partial charge in [0.15, 0.2) is 0 Å². The number of nitrogens with zero attached hydrogens (tertiary/aromatic N) is 2. The number of amidine groups is 1. The second-order valence-corrected chi connectivity index (χ2v) is 9.07. The summed E-state index contributed by atoms with van der Waals surface area (Å²) in [5, 5.41) is 2.85. The van der Waals surface area contributed by atoms with E-state index in [9.17, 15) is 13.2 Å². The summed E-state index contributed by atoms with van der Waals surface area (Å²) in [5.41, 5.74) is 2.29. The smallest absolute Gasteiger partial charge is 0.264 e. The minimum absolute atomic E-state index is 0.111. The summed E-state index contributed by atoms with van der Waals surface area (Å²) in [7, 11) is -3.69. The molecule has 0 aromatic heterocycles. The van der Waals surface area contributed by atoms with E-state index in [0.29, 0.717) is 24.1 Å². The number of nitrogens with one attached hydrogen (secondary N) is 2. The van der Waals surface area contributed by atoms with Gasteiger partial charge in [-0.1, -0.05) is 36.8 Å². The third-order valence-electron chi connectivity index (χ3n) is 5.18. The van der Waals surface area contributed by atoms with Crippen molar-refractivity contribution in [3.8, 4) is 0 Å². The number of sulfonamides is 1. The molecule has 164 valence electrons. The lowest BCUT2D eigenvalue weighted by atomic mass is 10.1. The standard InChI is InChI=1S/C21H30N4O4S/c1-3-18-20(17-7-5-16(2)6-8-17)30(27,28)24-21(18)23-15-19(26)22-9-4-10-25-11-13-29-14-12-25/h5-8H,3-4,9-15H2,1-2H3,(H,22,26)(H,23,24). The molecule has 1 fully saturated rings. The van der Waals surface area contributed by atoms with Gasteiger partial charge in [-0.05, 0) is 31.9 Å². The van der Waals surface area contributed by atoms with Gasteiger partial charge < -0.3 is 10.1 Å². The van der Waals surface area contributed by atoms with Crippen molar-refractivity contribution in [3.63, 3.8) is 0 Å². The van der Waals surface area contributed by atoms with Gasteiger partial charge in [0.05, 0.1) is 13.2 Å². The van der Waals surface area contributed by atoms with Gasteiger partial charge in [0.1, 0.15) is 17.3 Å². The Labute approximate surface area is 178 Å².